The average Bonchev–Trinajstić information content (AvgIpc) is 2.78. The highest BCUT2D eigenvalue weighted by atomic mass is 16.2. The van der Waals surface area contributed by atoms with Crippen molar-refractivity contribution in [2.24, 2.45) is 5.92 Å². The number of rotatable bonds is 3. The van der Waals surface area contributed by atoms with Gasteiger partial charge in [0.05, 0.1) is 0 Å². The summed E-state index contributed by atoms with van der Waals surface area (Å²) in [7, 11) is 0. The molecule has 1 saturated carbocycles. The molecule has 1 saturated heterocycles. The topological polar surface area (TPSA) is 49.4 Å². The highest BCUT2D eigenvalue weighted by Gasteiger charge is 2.46. The molecule has 4 nitrogen and oxygen atoms in total. The Morgan fingerprint density at radius 1 is 1.33 bits per heavy atom. The lowest BCUT2D eigenvalue weighted by Gasteiger charge is -2.33. The Bertz CT molecular complexity index is 335. The Hall–Kier alpha value is -1.06. The van der Waals surface area contributed by atoms with Crippen LogP contribution < -0.4 is 5.32 Å². The number of hydrogen-bond acceptors (Lipinski definition) is 2. The highest BCUT2D eigenvalue weighted by Crippen LogP contribution is 2.33. The van der Waals surface area contributed by atoms with Crippen LogP contribution in [-0.4, -0.2) is 35.3 Å². The van der Waals surface area contributed by atoms with E-state index < -0.39 is 5.54 Å². The predicted octanol–water partition coefficient (Wildman–Crippen LogP) is 1.69. The van der Waals surface area contributed by atoms with Crippen LogP contribution in [0.15, 0.2) is 0 Å². The molecule has 1 aliphatic heterocycles. The van der Waals surface area contributed by atoms with Gasteiger partial charge in [0.2, 0.25) is 11.8 Å². The molecule has 2 aliphatic rings. The van der Waals surface area contributed by atoms with E-state index in [9.17, 15) is 9.59 Å². The summed E-state index contributed by atoms with van der Waals surface area (Å²) in [6.07, 6.45) is 5.23. The second kappa shape index (κ2) is 5.29. The lowest BCUT2D eigenvalue weighted by molar-refractivity contribution is -0.139. The summed E-state index contributed by atoms with van der Waals surface area (Å²) >= 11 is 0. The van der Waals surface area contributed by atoms with Gasteiger partial charge in [0.25, 0.3) is 0 Å². The number of carbonyl (C=O) groups is 2. The fourth-order valence-electron chi connectivity index (χ4n) is 3.02. The van der Waals surface area contributed by atoms with Crippen molar-refractivity contribution in [1.29, 1.82) is 0 Å². The van der Waals surface area contributed by atoms with Crippen molar-refractivity contribution in [2.45, 2.75) is 57.9 Å². The van der Waals surface area contributed by atoms with Gasteiger partial charge in [-0.1, -0.05) is 33.1 Å². The molecule has 18 heavy (non-hydrogen) atoms. The van der Waals surface area contributed by atoms with Gasteiger partial charge in [0, 0.05) is 19.5 Å². The molecular weight excluding hydrogens is 228 g/mol. The number of nitrogens with zero attached hydrogens (tertiary/aromatic N) is 1. The van der Waals surface area contributed by atoms with Crippen LogP contribution in [0, 0.1) is 5.92 Å². The minimum absolute atomic E-state index is 0.0388. The maximum absolute atomic E-state index is 12.7. The first-order valence-electron chi connectivity index (χ1n) is 7.18. The second-order valence-corrected chi connectivity index (χ2v) is 5.85. The quantitative estimate of drug-likeness (QED) is 0.831. The molecule has 1 N–H and O–H groups in total. The van der Waals surface area contributed by atoms with Crippen LogP contribution in [0.2, 0.25) is 0 Å². The fraction of sp³-hybridized carbons (Fsp3) is 0.857. The fourth-order valence-corrected chi connectivity index (χ4v) is 3.02. The van der Waals surface area contributed by atoms with Gasteiger partial charge in [-0.2, -0.15) is 0 Å². The summed E-state index contributed by atoms with van der Waals surface area (Å²) in [5.74, 6) is 0.698. The van der Waals surface area contributed by atoms with E-state index in [1.165, 1.54) is 0 Å². The summed E-state index contributed by atoms with van der Waals surface area (Å²) in [5.41, 5.74) is -0.568. The smallest absolute Gasteiger partial charge is 0.248 e. The van der Waals surface area contributed by atoms with Gasteiger partial charge in [-0.3, -0.25) is 9.59 Å². The van der Waals surface area contributed by atoms with E-state index >= 15 is 0 Å². The van der Waals surface area contributed by atoms with E-state index in [0.717, 1.165) is 38.6 Å². The zero-order valence-corrected chi connectivity index (χ0v) is 11.5. The number of amides is 2. The van der Waals surface area contributed by atoms with Crippen molar-refractivity contribution >= 4 is 11.8 Å². The average molecular weight is 252 g/mol. The van der Waals surface area contributed by atoms with Crippen LogP contribution in [0.25, 0.3) is 0 Å². The zero-order valence-electron chi connectivity index (χ0n) is 11.5. The van der Waals surface area contributed by atoms with Gasteiger partial charge in [-0.15, -0.1) is 0 Å². The molecule has 0 aromatic heterocycles. The Morgan fingerprint density at radius 3 is 2.61 bits per heavy atom. The second-order valence-electron chi connectivity index (χ2n) is 5.85. The van der Waals surface area contributed by atoms with Crippen LogP contribution in [0.3, 0.4) is 0 Å². The molecule has 4 heteroatoms. The monoisotopic (exact) mass is 252 g/mol. The van der Waals surface area contributed by atoms with Crippen molar-refractivity contribution < 1.29 is 9.59 Å². The SMILES string of the molecule is CCC(C)CN1CCC(=O)NC2(CCCC2)C1=O. The van der Waals surface area contributed by atoms with Gasteiger partial charge in [0.1, 0.15) is 5.54 Å². The molecule has 0 bridgehead atoms. The first-order chi connectivity index (χ1) is 8.57. The van der Waals surface area contributed by atoms with Crippen LogP contribution in [-0.2, 0) is 9.59 Å². The van der Waals surface area contributed by atoms with Crippen molar-refractivity contribution in [1.82, 2.24) is 10.2 Å². The van der Waals surface area contributed by atoms with Crippen molar-refractivity contribution in [3.05, 3.63) is 0 Å². The van der Waals surface area contributed by atoms with Crippen molar-refractivity contribution in [3.63, 3.8) is 0 Å². The molecule has 2 amide bonds. The maximum Gasteiger partial charge on any atom is 0.248 e. The maximum atomic E-state index is 12.7. The van der Waals surface area contributed by atoms with E-state index in [2.05, 4.69) is 19.2 Å². The van der Waals surface area contributed by atoms with Gasteiger partial charge < -0.3 is 10.2 Å². The third-order valence-corrected chi connectivity index (χ3v) is 4.37. The van der Waals surface area contributed by atoms with Crippen molar-refractivity contribution in [3.8, 4) is 0 Å². The Morgan fingerprint density at radius 2 is 2.00 bits per heavy atom. The summed E-state index contributed by atoms with van der Waals surface area (Å²) in [5, 5.41) is 3.00. The van der Waals surface area contributed by atoms with Gasteiger partial charge in [-0.05, 0) is 18.8 Å². The molecule has 1 aliphatic carbocycles. The lowest BCUT2D eigenvalue weighted by atomic mass is 9.95. The largest absolute Gasteiger partial charge is 0.342 e. The third kappa shape index (κ3) is 2.52. The molecule has 0 radical (unpaired) electrons. The van der Waals surface area contributed by atoms with Gasteiger partial charge in [-0.25, -0.2) is 0 Å². The van der Waals surface area contributed by atoms with Crippen LogP contribution in [0.1, 0.15) is 52.4 Å². The van der Waals surface area contributed by atoms with Crippen LogP contribution in [0.4, 0.5) is 0 Å². The van der Waals surface area contributed by atoms with Gasteiger partial charge >= 0.3 is 0 Å². The molecule has 1 spiro atoms. The molecule has 102 valence electrons. The summed E-state index contributed by atoms with van der Waals surface area (Å²) in [6.45, 7) is 5.67. The third-order valence-electron chi connectivity index (χ3n) is 4.37. The highest BCUT2D eigenvalue weighted by molar-refractivity contribution is 5.93. The molecule has 0 aromatic carbocycles. The number of hydrogen-bond donors (Lipinski definition) is 1. The first kappa shape index (κ1) is 13.4. The molecule has 2 fully saturated rings. The molecule has 1 heterocycles. The molecule has 0 aromatic rings. The molecule has 1 atom stereocenters. The number of nitrogens with one attached hydrogen (secondary N) is 1. The van der Waals surface area contributed by atoms with E-state index in [-0.39, 0.29) is 11.8 Å². The Balaban J connectivity index is 2.15. The van der Waals surface area contributed by atoms with Crippen LogP contribution >= 0.6 is 0 Å². The summed E-state index contributed by atoms with van der Waals surface area (Å²) in [4.78, 5) is 26.4. The Kier molecular flexibility index (Phi) is 3.93. The standard InChI is InChI=1S/C14H24N2O2/c1-3-11(2)10-16-9-6-12(17)15-14(13(16)18)7-4-5-8-14/h11H,3-10H2,1-2H3,(H,15,17). The van der Waals surface area contributed by atoms with Crippen molar-refractivity contribution in [2.75, 3.05) is 13.1 Å². The Labute approximate surface area is 109 Å². The molecular formula is C14H24N2O2. The first-order valence-corrected chi connectivity index (χ1v) is 7.18. The van der Waals surface area contributed by atoms with E-state index in [1.54, 1.807) is 0 Å². The summed E-state index contributed by atoms with van der Waals surface area (Å²) < 4.78 is 0. The van der Waals surface area contributed by atoms with Gasteiger partial charge in [0.15, 0.2) is 0 Å². The van der Waals surface area contributed by atoms with E-state index in [1.807, 2.05) is 4.90 Å². The lowest BCUT2D eigenvalue weighted by Crippen LogP contribution is -2.55. The van der Waals surface area contributed by atoms with Crippen LogP contribution in [0.5, 0.6) is 0 Å². The molecule has 2 rings (SSSR count). The molecule has 1 unspecified atom stereocenters. The predicted molar refractivity (Wildman–Crippen MR) is 70.0 cm³/mol. The van der Waals surface area contributed by atoms with E-state index in [0.29, 0.717) is 18.9 Å². The zero-order chi connectivity index (χ0) is 13.2. The normalized spacial score (nSPS) is 25.1. The number of carbonyl (C=O) groups excluding carboxylic acids is 2. The minimum Gasteiger partial charge on any atom is -0.342 e. The minimum atomic E-state index is -0.568. The summed E-state index contributed by atoms with van der Waals surface area (Å²) in [6, 6.07) is 0. The van der Waals surface area contributed by atoms with E-state index in [4.69, 9.17) is 0 Å².